The average Bonchev–Trinajstić information content (AvgIpc) is 2.22. The van der Waals surface area contributed by atoms with Crippen molar-refractivity contribution in [1.29, 1.82) is 0 Å². The largest absolute Gasteiger partial charge is 0.486 e. The average molecular weight is 227 g/mol. The summed E-state index contributed by atoms with van der Waals surface area (Å²) >= 11 is 5.71. The van der Waals surface area contributed by atoms with Crippen molar-refractivity contribution in [3.8, 4) is 5.75 Å². The lowest BCUT2D eigenvalue weighted by molar-refractivity contribution is 0.0552. The van der Waals surface area contributed by atoms with Crippen LogP contribution in [0.3, 0.4) is 0 Å². The predicted octanol–water partition coefficient (Wildman–Crippen LogP) is 2.26. The molecule has 1 fully saturated rings. The molecule has 82 valence electrons. The molecule has 1 saturated heterocycles. The van der Waals surface area contributed by atoms with E-state index in [1.54, 1.807) is 12.3 Å². The molecule has 1 aromatic heterocycles. The fourth-order valence-electron chi connectivity index (χ4n) is 1.76. The van der Waals surface area contributed by atoms with Crippen LogP contribution in [-0.4, -0.2) is 23.7 Å². The van der Waals surface area contributed by atoms with E-state index in [9.17, 15) is 0 Å². The summed E-state index contributed by atoms with van der Waals surface area (Å²) in [4.78, 5) is 4.00. The summed E-state index contributed by atoms with van der Waals surface area (Å²) in [5.41, 5.74) is -0.0687. The van der Waals surface area contributed by atoms with E-state index in [0.29, 0.717) is 5.15 Å². The van der Waals surface area contributed by atoms with Crippen LogP contribution in [0.25, 0.3) is 0 Å². The molecule has 1 aliphatic rings. The Hall–Kier alpha value is -0.800. The molecule has 1 N–H and O–H groups in total. The Kier molecular flexibility index (Phi) is 3.12. The maximum atomic E-state index is 5.94. The summed E-state index contributed by atoms with van der Waals surface area (Å²) in [6.07, 6.45) is 3.72. The van der Waals surface area contributed by atoms with Crippen LogP contribution >= 0.6 is 11.6 Å². The third-order valence-electron chi connectivity index (χ3n) is 2.73. The van der Waals surface area contributed by atoms with Gasteiger partial charge in [0.05, 0.1) is 6.20 Å². The smallest absolute Gasteiger partial charge is 0.138 e. The van der Waals surface area contributed by atoms with Gasteiger partial charge in [0, 0.05) is 0 Å². The number of ether oxygens (including phenoxy) is 1. The highest BCUT2D eigenvalue weighted by molar-refractivity contribution is 6.29. The predicted molar refractivity (Wildman–Crippen MR) is 60.4 cm³/mol. The summed E-state index contributed by atoms with van der Waals surface area (Å²) in [5.74, 6) is 0.795. The second-order valence-electron chi connectivity index (χ2n) is 4.12. The van der Waals surface area contributed by atoms with Gasteiger partial charge in [-0.05, 0) is 45.0 Å². The molecule has 3 nitrogen and oxygen atoms in total. The van der Waals surface area contributed by atoms with E-state index in [-0.39, 0.29) is 5.60 Å². The maximum absolute atomic E-state index is 5.94. The van der Waals surface area contributed by atoms with Gasteiger partial charge >= 0.3 is 0 Å². The third kappa shape index (κ3) is 2.83. The fraction of sp³-hybridized carbons (Fsp3) is 0.545. The van der Waals surface area contributed by atoms with Gasteiger partial charge < -0.3 is 10.1 Å². The van der Waals surface area contributed by atoms with E-state index in [1.807, 2.05) is 6.07 Å². The van der Waals surface area contributed by atoms with Crippen molar-refractivity contribution in [2.24, 2.45) is 0 Å². The van der Waals surface area contributed by atoms with Crippen molar-refractivity contribution in [1.82, 2.24) is 10.3 Å². The van der Waals surface area contributed by atoms with E-state index >= 15 is 0 Å². The van der Waals surface area contributed by atoms with Gasteiger partial charge in [0.1, 0.15) is 16.5 Å². The van der Waals surface area contributed by atoms with Crippen LogP contribution in [0.2, 0.25) is 5.15 Å². The number of nitrogens with zero attached hydrogens (tertiary/aromatic N) is 1. The first-order valence-corrected chi connectivity index (χ1v) is 5.57. The molecule has 2 rings (SSSR count). The minimum Gasteiger partial charge on any atom is -0.486 e. The number of pyridine rings is 1. The zero-order chi connectivity index (χ0) is 10.7. The van der Waals surface area contributed by atoms with Gasteiger partial charge in [-0.1, -0.05) is 11.6 Å². The minimum atomic E-state index is -0.0687. The Labute approximate surface area is 94.8 Å². The quantitative estimate of drug-likeness (QED) is 0.786. The van der Waals surface area contributed by atoms with Crippen LogP contribution in [0.4, 0.5) is 0 Å². The van der Waals surface area contributed by atoms with Gasteiger partial charge in [0.2, 0.25) is 0 Å². The van der Waals surface area contributed by atoms with Crippen molar-refractivity contribution in [2.75, 3.05) is 13.1 Å². The summed E-state index contributed by atoms with van der Waals surface area (Å²) in [6.45, 7) is 4.16. The highest BCUT2D eigenvalue weighted by Gasteiger charge is 2.28. The number of nitrogens with one attached hydrogen (secondary N) is 1. The number of hydrogen-bond acceptors (Lipinski definition) is 3. The standard InChI is InChI=1S/C11H15ClN2O/c1-11(4-6-13-7-5-11)15-9-2-3-10(12)14-8-9/h2-3,8,13H,4-7H2,1H3. The number of halogens is 1. The van der Waals surface area contributed by atoms with Crippen molar-refractivity contribution < 1.29 is 4.74 Å². The second-order valence-corrected chi connectivity index (χ2v) is 4.51. The molecular formula is C11H15ClN2O. The zero-order valence-corrected chi connectivity index (χ0v) is 9.55. The molecule has 0 radical (unpaired) electrons. The van der Waals surface area contributed by atoms with Crippen LogP contribution in [0.5, 0.6) is 5.75 Å². The van der Waals surface area contributed by atoms with Gasteiger partial charge in [-0.2, -0.15) is 0 Å². The normalized spacial score (nSPS) is 19.9. The van der Waals surface area contributed by atoms with E-state index in [2.05, 4.69) is 17.2 Å². The first-order chi connectivity index (χ1) is 7.18. The molecule has 0 atom stereocenters. The number of aromatic nitrogens is 1. The van der Waals surface area contributed by atoms with E-state index in [4.69, 9.17) is 16.3 Å². The van der Waals surface area contributed by atoms with Crippen LogP contribution in [-0.2, 0) is 0 Å². The summed E-state index contributed by atoms with van der Waals surface area (Å²) in [5, 5.41) is 3.82. The lowest BCUT2D eigenvalue weighted by Crippen LogP contribution is -2.43. The highest BCUT2D eigenvalue weighted by atomic mass is 35.5. The molecule has 0 spiro atoms. The van der Waals surface area contributed by atoms with Crippen molar-refractivity contribution >= 4 is 11.6 Å². The third-order valence-corrected chi connectivity index (χ3v) is 2.95. The fourth-order valence-corrected chi connectivity index (χ4v) is 1.88. The van der Waals surface area contributed by atoms with E-state index < -0.39 is 0 Å². The Morgan fingerprint density at radius 3 is 2.73 bits per heavy atom. The summed E-state index contributed by atoms with van der Waals surface area (Å²) < 4.78 is 5.94. The molecule has 0 aromatic carbocycles. The molecular weight excluding hydrogens is 212 g/mol. The number of piperidine rings is 1. The van der Waals surface area contributed by atoms with Crippen molar-refractivity contribution in [3.05, 3.63) is 23.5 Å². The van der Waals surface area contributed by atoms with Gasteiger partial charge in [-0.15, -0.1) is 0 Å². The Balaban J connectivity index is 2.03. The molecule has 0 aliphatic carbocycles. The first kappa shape index (κ1) is 10.7. The van der Waals surface area contributed by atoms with E-state index in [0.717, 1.165) is 31.7 Å². The summed E-state index contributed by atoms with van der Waals surface area (Å²) in [6, 6.07) is 3.62. The lowest BCUT2D eigenvalue weighted by Gasteiger charge is -2.34. The van der Waals surface area contributed by atoms with Crippen LogP contribution in [0, 0.1) is 0 Å². The van der Waals surface area contributed by atoms with Crippen LogP contribution < -0.4 is 10.1 Å². The molecule has 2 heterocycles. The number of rotatable bonds is 2. The molecule has 15 heavy (non-hydrogen) atoms. The van der Waals surface area contributed by atoms with Crippen LogP contribution in [0.1, 0.15) is 19.8 Å². The Morgan fingerprint density at radius 2 is 2.13 bits per heavy atom. The molecule has 0 bridgehead atoms. The molecule has 1 aliphatic heterocycles. The summed E-state index contributed by atoms with van der Waals surface area (Å²) in [7, 11) is 0. The first-order valence-electron chi connectivity index (χ1n) is 5.19. The highest BCUT2D eigenvalue weighted by Crippen LogP contribution is 2.25. The molecule has 0 unspecified atom stereocenters. The monoisotopic (exact) mass is 226 g/mol. The molecule has 0 saturated carbocycles. The Bertz CT molecular complexity index is 320. The maximum Gasteiger partial charge on any atom is 0.138 e. The minimum absolute atomic E-state index is 0.0687. The van der Waals surface area contributed by atoms with Gasteiger partial charge in [0.25, 0.3) is 0 Å². The molecule has 4 heteroatoms. The Morgan fingerprint density at radius 1 is 1.40 bits per heavy atom. The second kappa shape index (κ2) is 4.37. The van der Waals surface area contributed by atoms with Gasteiger partial charge in [-0.25, -0.2) is 4.98 Å². The van der Waals surface area contributed by atoms with Gasteiger partial charge in [0.15, 0.2) is 0 Å². The van der Waals surface area contributed by atoms with Crippen LogP contribution in [0.15, 0.2) is 18.3 Å². The van der Waals surface area contributed by atoms with Gasteiger partial charge in [-0.3, -0.25) is 0 Å². The topological polar surface area (TPSA) is 34.1 Å². The zero-order valence-electron chi connectivity index (χ0n) is 8.79. The van der Waals surface area contributed by atoms with Crippen molar-refractivity contribution in [2.45, 2.75) is 25.4 Å². The number of hydrogen-bond donors (Lipinski definition) is 1. The lowest BCUT2D eigenvalue weighted by atomic mass is 9.94. The SMILES string of the molecule is CC1(Oc2ccc(Cl)nc2)CCNCC1. The molecule has 1 aromatic rings. The van der Waals surface area contributed by atoms with Crippen molar-refractivity contribution in [3.63, 3.8) is 0 Å². The van der Waals surface area contributed by atoms with E-state index in [1.165, 1.54) is 0 Å². The molecule has 0 amide bonds.